The van der Waals surface area contributed by atoms with Crippen LogP contribution in [0.2, 0.25) is 0 Å². The molecule has 0 atom stereocenters. The Balaban J connectivity index is 1.78. The van der Waals surface area contributed by atoms with Gasteiger partial charge < -0.3 is 0 Å². The molecule has 0 aromatic heterocycles. The Kier molecular flexibility index (Phi) is 8.40. The third kappa shape index (κ3) is 5.76. The average molecular weight is 549 g/mol. The minimum atomic E-state index is -0.871. The Morgan fingerprint density at radius 2 is 0.450 bits per heavy atom. The second-order valence-electron chi connectivity index (χ2n) is 9.44. The molecule has 0 bridgehead atoms. The van der Waals surface area contributed by atoms with Gasteiger partial charge in [0.15, 0.2) is 0 Å². The fourth-order valence-electron chi connectivity index (χ4n) is 5.06. The summed E-state index contributed by atoms with van der Waals surface area (Å²) < 4.78 is 0. The third-order valence-electron chi connectivity index (χ3n) is 6.82. The Morgan fingerprint density at radius 3 is 0.675 bits per heavy atom. The third-order valence-corrected chi connectivity index (χ3v) is 12.1. The van der Waals surface area contributed by atoms with Gasteiger partial charge in [-0.15, -0.1) is 0 Å². The van der Waals surface area contributed by atoms with Crippen molar-refractivity contribution in [2.45, 2.75) is 0 Å². The van der Waals surface area contributed by atoms with Crippen LogP contribution in [-0.4, -0.2) is 0 Å². The molecule has 40 heavy (non-hydrogen) atoms. The highest BCUT2D eigenvalue weighted by Gasteiger charge is 2.30. The van der Waals surface area contributed by atoms with E-state index in [1.165, 1.54) is 43.0 Å². The van der Waals surface area contributed by atoms with E-state index in [2.05, 4.69) is 182 Å². The van der Waals surface area contributed by atoms with Gasteiger partial charge in [-0.1, -0.05) is 182 Å². The second kappa shape index (κ2) is 12.8. The maximum absolute atomic E-state index is 2.30. The quantitative estimate of drug-likeness (QED) is 0.132. The monoisotopic (exact) mass is 548 g/mol. The van der Waals surface area contributed by atoms with Gasteiger partial charge in [0.25, 0.3) is 0 Å². The van der Waals surface area contributed by atoms with Crippen molar-refractivity contribution in [3.05, 3.63) is 193 Å². The van der Waals surface area contributed by atoms with E-state index in [1.807, 2.05) is 0 Å². The van der Waals surface area contributed by atoms with Crippen molar-refractivity contribution in [1.29, 1.82) is 0 Å². The lowest BCUT2D eigenvalue weighted by molar-refractivity contribution is 1.62. The summed E-state index contributed by atoms with van der Waals surface area (Å²) in [5, 5.41) is 8.24. The maximum Gasteiger partial charge on any atom is 0.00110 e. The summed E-state index contributed by atoms with van der Waals surface area (Å²) in [4.78, 5) is 0. The molecule has 6 rings (SSSR count). The first-order chi connectivity index (χ1) is 19.9. The minimum absolute atomic E-state index is 0.871. The highest BCUT2D eigenvalue weighted by Crippen LogP contribution is 2.61. The Hall–Kier alpha value is -4.08. The lowest BCUT2D eigenvalue weighted by atomic mass is 10.1. The molecule has 0 unspecified atom stereocenters. The summed E-state index contributed by atoms with van der Waals surface area (Å²) in [5.41, 5.74) is 2.55. The molecule has 0 aliphatic carbocycles. The molecule has 0 radical (unpaired) electrons. The van der Waals surface area contributed by atoms with Crippen molar-refractivity contribution in [2.24, 2.45) is 0 Å². The van der Waals surface area contributed by atoms with Crippen LogP contribution in [0, 0.1) is 0 Å². The zero-order chi connectivity index (χ0) is 27.0. The second-order valence-corrected chi connectivity index (χ2v) is 13.7. The topological polar surface area (TPSA) is 0 Å². The molecule has 6 aromatic carbocycles. The molecule has 0 saturated heterocycles. The standard InChI is InChI=1S/C38H30P2/c1-7-19-31(20-8-1)37(39(33-23-11-3-12-24-33)34-25-13-4-14-26-34)38(32-21-9-2-10-22-32)40(35-27-15-5-16-28-35)36-29-17-6-18-30-36/h1-30H/b38-37+. The van der Waals surface area contributed by atoms with Gasteiger partial charge in [-0.2, -0.15) is 0 Å². The summed E-state index contributed by atoms with van der Waals surface area (Å²) in [6, 6.07) is 66.4. The molecule has 0 nitrogen and oxygen atoms in total. The van der Waals surface area contributed by atoms with E-state index in [1.54, 1.807) is 0 Å². The zero-order valence-electron chi connectivity index (χ0n) is 22.2. The number of hydrogen-bond acceptors (Lipinski definition) is 0. The normalized spacial score (nSPS) is 11.8. The zero-order valence-corrected chi connectivity index (χ0v) is 24.0. The van der Waals surface area contributed by atoms with Crippen molar-refractivity contribution in [3.63, 3.8) is 0 Å². The van der Waals surface area contributed by atoms with E-state index in [-0.39, 0.29) is 0 Å². The van der Waals surface area contributed by atoms with Crippen molar-refractivity contribution in [3.8, 4) is 0 Å². The fourth-order valence-corrected chi connectivity index (χ4v) is 10.7. The molecule has 0 saturated carbocycles. The first-order valence-corrected chi connectivity index (χ1v) is 16.2. The van der Waals surface area contributed by atoms with E-state index in [9.17, 15) is 0 Å². The van der Waals surface area contributed by atoms with Crippen LogP contribution in [0.3, 0.4) is 0 Å². The van der Waals surface area contributed by atoms with E-state index >= 15 is 0 Å². The average Bonchev–Trinajstić information content (AvgIpc) is 3.05. The van der Waals surface area contributed by atoms with Crippen LogP contribution in [-0.2, 0) is 0 Å². The maximum atomic E-state index is 2.30. The predicted molar refractivity (Wildman–Crippen MR) is 178 cm³/mol. The lowest BCUT2D eigenvalue weighted by Gasteiger charge is -2.31. The van der Waals surface area contributed by atoms with E-state index in [4.69, 9.17) is 0 Å². The molecule has 0 N–H and O–H groups in total. The molecular weight excluding hydrogens is 518 g/mol. The van der Waals surface area contributed by atoms with Gasteiger partial charge in [0.2, 0.25) is 0 Å². The smallest absolute Gasteiger partial charge is 0.00110 e. The summed E-state index contributed by atoms with van der Waals surface area (Å²) >= 11 is 0. The van der Waals surface area contributed by atoms with Gasteiger partial charge in [-0.3, -0.25) is 0 Å². The highest BCUT2D eigenvalue weighted by atomic mass is 31.1. The number of hydrogen-bond donors (Lipinski definition) is 0. The van der Waals surface area contributed by atoms with E-state index < -0.39 is 15.8 Å². The Morgan fingerprint density at radius 1 is 0.250 bits per heavy atom. The van der Waals surface area contributed by atoms with Gasteiger partial charge in [0.05, 0.1) is 0 Å². The van der Waals surface area contributed by atoms with Crippen molar-refractivity contribution in [2.75, 3.05) is 0 Å². The van der Waals surface area contributed by atoms with Crippen LogP contribution in [0.1, 0.15) is 11.1 Å². The fraction of sp³-hybridized carbons (Fsp3) is 0. The van der Waals surface area contributed by atoms with Crippen molar-refractivity contribution >= 4 is 47.7 Å². The van der Waals surface area contributed by atoms with Crippen LogP contribution in [0.5, 0.6) is 0 Å². The van der Waals surface area contributed by atoms with Gasteiger partial charge in [0.1, 0.15) is 0 Å². The highest BCUT2D eigenvalue weighted by molar-refractivity contribution is 7.88. The van der Waals surface area contributed by atoms with Crippen LogP contribution >= 0.6 is 15.8 Å². The first-order valence-electron chi connectivity index (χ1n) is 13.6. The van der Waals surface area contributed by atoms with Gasteiger partial charge >= 0.3 is 0 Å². The molecule has 192 valence electrons. The molecule has 0 spiro atoms. The number of rotatable bonds is 8. The SMILES string of the molecule is c1ccc(/C(=C(/c2ccccc2)P(c2ccccc2)c2ccccc2)P(c2ccccc2)c2ccccc2)cc1. The summed E-state index contributed by atoms with van der Waals surface area (Å²) in [6.07, 6.45) is 0. The Labute approximate surface area is 240 Å². The van der Waals surface area contributed by atoms with Crippen LogP contribution in [0.15, 0.2) is 182 Å². The molecule has 0 amide bonds. The van der Waals surface area contributed by atoms with E-state index in [0.29, 0.717) is 0 Å². The van der Waals surface area contributed by atoms with E-state index in [0.717, 1.165) is 0 Å². The summed E-state index contributed by atoms with van der Waals surface area (Å²) in [6.45, 7) is 0. The molecule has 0 aliphatic rings. The van der Waals surface area contributed by atoms with Crippen LogP contribution in [0.25, 0.3) is 10.6 Å². The van der Waals surface area contributed by atoms with Crippen LogP contribution in [0.4, 0.5) is 0 Å². The lowest BCUT2D eigenvalue weighted by Crippen LogP contribution is -2.17. The molecule has 0 aliphatic heterocycles. The Bertz CT molecular complexity index is 1440. The summed E-state index contributed by atoms with van der Waals surface area (Å²) in [7, 11) is -1.74. The molecule has 2 heteroatoms. The molecule has 0 heterocycles. The van der Waals surface area contributed by atoms with Gasteiger partial charge in [-0.25, -0.2) is 0 Å². The molecule has 6 aromatic rings. The van der Waals surface area contributed by atoms with Gasteiger partial charge in [0, 0.05) is 10.6 Å². The van der Waals surface area contributed by atoms with Crippen LogP contribution < -0.4 is 21.2 Å². The van der Waals surface area contributed by atoms with Gasteiger partial charge in [-0.05, 0) is 48.2 Å². The van der Waals surface area contributed by atoms with Crippen molar-refractivity contribution < 1.29 is 0 Å². The van der Waals surface area contributed by atoms with Crippen molar-refractivity contribution in [1.82, 2.24) is 0 Å². The summed E-state index contributed by atoms with van der Waals surface area (Å²) in [5.74, 6) is 0. The first kappa shape index (κ1) is 26.2. The molecular formula is C38H30P2. The molecule has 0 fully saturated rings. The largest absolute Gasteiger partial charge is 0.0622 e. The minimum Gasteiger partial charge on any atom is -0.0622 e. The predicted octanol–water partition coefficient (Wildman–Crippen LogP) is 8.78. The number of benzene rings is 6.